The molecule has 0 unspecified atom stereocenters. The standard InChI is InChI=1S/C11H16N4S/c1-8(2)15-6-5-12-10(15)9-7-13-11(16-9)14(3)4/h5-8H,1-4H3. The summed E-state index contributed by atoms with van der Waals surface area (Å²) < 4.78 is 2.16. The normalized spacial score (nSPS) is 11.1. The van der Waals surface area contributed by atoms with E-state index in [2.05, 4.69) is 28.4 Å². The van der Waals surface area contributed by atoms with Crippen LogP contribution < -0.4 is 4.90 Å². The van der Waals surface area contributed by atoms with Crippen LogP contribution in [0.3, 0.4) is 0 Å². The van der Waals surface area contributed by atoms with E-state index in [1.807, 2.05) is 37.6 Å². The summed E-state index contributed by atoms with van der Waals surface area (Å²) in [7, 11) is 4.00. The van der Waals surface area contributed by atoms with Crippen molar-refractivity contribution in [2.75, 3.05) is 19.0 Å². The SMILES string of the molecule is CC(C)n1ccnc1-c1cnc(N(C)C)s1. The first kappa shape index (κ1) is 11.1. The lowest BCUT2D eigenvalue weighted by atomic mass is 10.3. The first-order chi connectivity index (χ1) is 7.59. The molecule has 0 spiro atoms. The molecule has 4 nitrogen and oxygen atoms in total. The van der Waals surface area contributed by atoms with E-state index in [-0.39, 0.29) is 0 Å². The molecule has 2 heterocycles. The second-order valence-electron chi connectivity index (χ2n) is 4.15. The van der Waals surface area contributed by atoms with Crippen LogP contribution in [0, 0.1) is 0 Å². The summed E-state index contributed by atoms with van der Waals surface area (Å²) in [6.07, 6.45) is 5.74. The highest BCUT2D eigenvalue weighted by molar-refractivity contribution is 7.18. The Kier molecular flexibility index (Phi) is 2.96. The first-order valence-corrected chi connectivity index (χ1v) is 6.07. The van der Waals surface area contributed by atoms with E-state index in [0.717, 1.165) is 15.8 Å². The minimum absolute atomic E-state index is 0.419. The van der Waals surface area contributed by atoms with Crippen molar-refractivity contribution in [3.63, 3.8) is 0 Å². The van der Waals surface area contributed by atoms with Crippen LogP contribution in [-0.2, 0) is 0 Å². The predicted octanol–water partition coefficient (Wildman–Crippen LogP) is 2.65. The van der Waals surface area contributed by atoms with E-state index in [1.54, 1.807) is 11.3 Å². The molecule has 2 aromatic heterocycles. The molecular weight excluding hydrogens is 220 g/mol. The maximum Gasteiger partial charge on any atom is 0.185 e. The number of nitrogens with zero attached hydrogens (tertiary/aromatic N) is 4. The Balaban J connectivity index is 2.39. The topological polar surface area (TPSA) is 34.0 Å². The summed E-state index contributed by atoms with van der Waals surface area (Å²) in [6, 6.07) is 0.419. The summed E-state index contributed by atoms with van der Waals surface area (Å²) >= 11 is 1.66. The van der Waals surface area contributed by atoms with Crippen LogP contribution in [0.15, 0.2) is 18.6 Å². The van der Waals surface area contributed by atoms with Gasteiger partial charge in [-0.05, 0) is 13.8 Å². The van der Waals surface area contributed by atoms with Gasteiger partial charge in [-0.15, -0.1) is 0 Å². The van der Waals surface area contributed by atoms with Crippen LogP contribution in [0.2, 0.25) is 0 Å². The predicted molar refractivity (Wildman–Crippen MR) is 68.0 cm³/mol. The lowest BCUT2D eigenvalue weighted by Crippen LogP contribution is -2.07. The molecule has 0 saturated heterocycles. The molecule has 0 N–H and O–H groups in total. The van der Waals surface area contributed by atoms with Crippen molar-refractivity contribution in [3.05, 3.63) is 18.6 Å². The van der Waals surface area contributed by atoms with E-state index in [9.17, 15) is 0 Å². The van der Waals surface area contributed by atoms with Gasteiger partial charge in [-0.2, -0.15) is 0 Å². The number of imidazole rings is 1. The Morgan fingerprint density at radius 1 is 1.31 bits per heavy atom. The van der Waals surface area contributed by atoms with Crippen molar-refractivity contribution < 1.29 is 0 Å². The van der Waals surface area contributed by atoms with Crippen molar-refractivity contribution in [1.82, 2.24) is 14.5 Å². The molecule has 0 radical (unpaired) electrons. The maximum atomic E-state index is 4.40. The fourth-order valence-electron chi connectivity index (χ4n) is 1.50. The minimum atomic E-state index is 0.419. The molecule has 0 atom stereocenters. The quantitative estimate of drug-likeness (QED) is 0.821. The highest BCUT2D eigenvalue weighted by atomic mass is 32.1. The monoisotopic (exact) mass is 236 g/mol. The van der Waals surface area contributed by atoms with Gasteiger partial charge in [0.1, 0.15) is 0 Å². The summed E-state index contributed by atoms with van der Waals surface area (Å²) in [4.78, 5) is 11.9. The maximum absolute atomic E-state index is 4.40. The molecule has 16 heavy (non-hydrogen) atoms. The second kappa shape index (κ2) is 4.25. The Labute approximate surface area is 99.6 Å². The van der Waals surface area contributed by atoms with E-state index in [1.165, 1.54) is 0 Å². The van der Waals surface area contributed by atoms with Crippen molar-refractivity contribution >= 4 is 16.5 Å². The smallest absolute Gasteiger partial charge is 0.185 e. The van der Waals surface area contributed by atoms with Gasteiger partial charge in [0.25, 0.3) is 0 Å². The minimum Gasteiger partial charge on any atom is -0.354 e. The van der Waals surface area contributed by atoms with Crippen molar-refractivity contribution in [1.29, 1.82) is 0 Å². The molecular formula is C11H16N4S. The number of hydrogen-bond acceptors (Lipinski definition) is 4. The van der Waals surface area contributed by atoms with E-state index < -0.39 is 0 Å². The van der Waals surface area contributed by atoms with Gasteiger partial charge in [0, 0.05) is 32.5 Å². The average molecular weight is 236 g/mol. The molecule has 0 fully saturated rings. The van der Waals surface area contributed by atoms with Crippen LogP contribution in [0.25, 0.3) is 10.7 Å². The summed E-state index contributed by atoms with van der Waals surface area (Å²) in [6.45, 7) is 4.30. The largest absolute Gasteiger partial charge is 0.354 e. The third-order valence-electron chi connectivity index (χ3n) is 2.32. The number of thiazole rings is 1. The zero-order valence-corrected chi connectivity index (χ0v) is 10.8. The van der Waals surface area contributed by atoms with Gasteiger partial charge in [0.2, 0.25) is 0 Å². The van der Waals surface area contributed by atoms with Gasteiger partial charge < -0.3 is 9.47 Å². The van der Waals surface area contributed by atoms with Crippen LogP contribution in [-0.4, -0.2) is 28.6 Å². The van der Waals surface area contributed by atoms with Gasteiger partial charge in [-0.1, -0.05) is 11.3 Å². The average Bonchev–Trinajstić information content (AvgIpc) is 2.86. The third kappa shape index (κ3) is 1.95. The molecule has 0 aromatic carbocycles. The lowest BCUT2D eigenvalue weighted by Gasteiger charge is -2.09. The molecule has 86 valence electrons. The molecule has 0 aliphatic rings. The van der Waals surface area contributed by atoms with Crippen LogP contribution in [0.4, 0.5) is 5.13 Å². The van der Waals surface area contributed by atoms with Gasteiger partial charge in [-0.25, -0.2) is 9.97 Å². The zero-order valence-electron chi connectivity index (χ0n) is 10.0. The Morgan fingerprint density at radius 2 is 2.06 bits per heavy atom. The van der Waals surface area contributed by atoms with E-state index >= 15 is 0 Å². The molecule has 2 rings (SSSR count). The van der Waals surface area contributed by atoms with E-state index in [4.69, 9.17) is 0 Å². The van der Waals surface area contributed by atoms with Crippen molar-refractivity contribution in [2.24, 2.45) is 0 Å². The summed E-state index contributed by atoms with van der Waals surface area (Å²) in [5, 5.41) is 1.01. The highest BCUT2D eigenvalue weighted by Gasteiger charge is 2.12. The number of aromatic nitrogens is 3. The molecule has 5 heteroatoms. The van der Waals surface area contributed by atoms with E-state index in [0.29, 0.717) is 6.04 Å². The number of anilines is 1. The van der Waals surface area contributed by atoms with Crippen LogP contribution in [0.1, 0.15) is 19.9 Å². The van der Waals surface area contributed by atoms with Crippen LogP contribution in [0.5, 0.6) is 0 Å². The van der Waals surface area contributed by atoms with Gasteiger partial charge in [-0.3, -0.25) is 0 Å². The lowest BCUT2D eigenvalue weighted by molar-refractivity contribution is 0.607. The molecule has 0 bridgehead atoms. The molecule has 0 aliphatic heterocycles. The molecule has 2 aromatic rings. The van der Waals surface area contributed by atoms with Gasteiger partial charge >= 0.3 is 0 Å². The third-order valence-corrected chi connectivity index (χ3v) is 3.48. The van der Waals surface area contributed by atoms with Gasteiger partial charge in [0.05, 0.1) is 11.1 Å². The zero-order chi connectivity index (χ0) is 11.7. The van der Waals surface area contributed by atoms with Crippen molar-refractivity contribution in [2.45, 2.75) is 19.9 Å². The second-order valence-corrected chi connectivity index (χ2v) is 5.16. The first-order valence-electron chi connectivity index (χ1n) is 5.26. The Bertz CT molecular complexity index is 470. The fraction of sp³-hybridized carbons (Fsp3) is 0.455. The molecule has 0 aliphatic carbocycles. The summed E-state index contributed by atoms with van der Waals surface area (Å²) in [5.41, 5.74) is 0. The number of hydrogen-bond donors (Lipinski definition) is 0. The Morgan fingerprint density at radius 3 is 2.62 bits per heavy atom. The highest BCUT2D eigenvalue weighted by Crippen LogP contribution is 2.30. The Hall–Kier alpha value is -1.36. The molecule has 0 amide bonds. The van der Waals surface area contributed by atoms with Gasteiger partial charge in [0.15, 0.2) is 11.0 Å². The summed E-state index contributed by atoms with van der Waals surface area (Å²) in [5.74, 6) is 1.00. The fourth-order valence-corrected chi connectivity index (χ4v) is 2.34. The number of rotatable bonds is 3. The molecule has 0 saturated carbocycles. The van der Waals surface area contributed by atoms with Crippen LogP contribution >= 0.6 is 11.3 Å². The van der Waals surface area contributed by atoms with Crippen molar-refractivity contribution in [3.8, 4) is 10.7 Å².